The molecule has 0 aliphatic carbocycles. The largest absolute Gasteiger partial charge is 0.356 e. The summed E-state index contributed by atoms with van der Waals surface area (Å²) >= 11 is 0. The van der Waals surface area contributed by atoms with E-state index in [1.165, 1.54) is 6.42 Å². The van der Waals surface area contributed by atoms with Crippen molar-refractivity contribution in [3.63, 3.8) is 0 Å². The first-order valence-electron chi connectivity index (χ1n) is 6.21. The topological polar surface area (TPSA) is 54.0 Å². The molecule has 1 atom stereocenters. The Morgan fingerprint density at radius 1 is 1.56 bits per heavy atom. The van der Waals surface area contributed by atoms with Crippen molar-refractivity contribution in [3.05, 3.63) is 30.1 Å². The van der Waals surface area contributed by atoms with E-state index in [4.69, 9.17) is 0 Å². The van der Waals surface area contributed by atoms with Crippen molar-refractivity contribution in [3.8, 4) is 0 Å². The fraction of sp³-hybridized carbons (Fsp3) is 0.538. The molecule has 2 N–H and O–H groups in total. The standard InChI is InChI=1S/C13H19N3O.ClH/c17-13(8-12-2-1-5-14-10-12)16-7-4-11-3-6-15-9-11;/h1-2,5,10-11,15H,3-4,6-9H2,(H,16,17);1H. The molecule has 1 fully saturated rings. The lowest BCUT2D eigenvalue weighted by molar-refractivity contribution is -0.120. The molecule has 1 aromatic rings. The van der Waals surface area contributed by atoms with E-state index in [0.29, 0.717) is 6.42 Å². The summed E-state index contributed by atoms with van der Waals surface area (Å²) in [6, 6.07) is 3.78. The Morgan fingerprint density at radius 3 is 3.11 bits per heavy atom. The minimum absolute atomic E-state index is 0. The molecule has 18 heavy (non-hydrogen) atoms. The van der Waals surface area contributed by atoms with Gasteiger partial charge in [-0.25, -0.2) is 0 Å². The van der Waals surface area contributed by atoms with Crippen LogP contribution >= 0.6 is 12.4 Å². The van der Waals surface area contributed by atoms with Gasteiger partial charge in [0.2, 0.25) is 5.91 Å². The normalized spacial score (nSPS) is 18.1. The third kappa shape index (κ3) is 5.02. The molecule has 0 saturated carbocycles. The van der Waals surface area contributed by atoms with Crippen LogP contribution in [0.5, 0.6) is 0 Å². The predicted octanol–water partition coefficient (Wildman–Crippen LogP) is 1.16. The molecule has 1 aliphatic heterocycles. The summed E-state index contributed by atoms with van der Waals surface area (Å²) < 4.78 is 0. The average Bonchev–Trinajstić information content (AvgIpc) is 2.83. The maximum Gasteiger partial charge on any atom is 0.224 e. The molecule has 0 radical (unpaired) electrons. The van der Waals surface area contributed by atoms with Crippen LogP contribution < -0.4 is 10.6 Å². The number of rotatable bonds is 5. The Hall–Kier alpha value is -1.13. The first-order valence-corrected chi connectivity index (χ1v) is 6.21. The summed E-state index contributed by atoms with van der Waals surface area (Å²) in [5.41, 5.74) is 0.965. The van der Waals surface area contributed by atoms with Gasteiger partial charge in [-0.3, -0.25) is 9.78 Å². The SMILES string of the molecule is Cl.O=C(Cc1cccnc1)NCCC1CCNC1. The molecule has 0 spiro atoms. The molecule has 1 amide bonds. The van der Waals surface area contributed by atoms with Gasteiger partial charge in [0, 0.05) is 18.9 Å². The second kappa shape index (κ2) is 8.06. The van der Waals surface area contributed by atoms with Crippen LogP contribution in [0, 0.1) is 5.92 Å². The van der Waals surface area contributed by atoms with Crippen molar-refractivity contribution in [1.82, 2.24) is 15.6 Å². The van der Waals surface area contributed by atoms with Crippen molar-refractivity contribution in [2.75, 3.05) is 19.6 Å². The van der Waals surface area contributed by atoms with Crippen molar-refractivity contribution >= 4 is 18.3 Å². The fourth-order valence-electron chi connectivity index (χ4n) is 2.13. The Morgan fingerprint density at radius 2 is 2.44 bits per heavy atom. The van der Waals surface area contributed by atoms with Gasteiger partial charge in [-0.2, -0.15) is 0 Å². The number of amides is 1. The van der Waals surface area contributed by atoms with Crippen LogP contribution in [0.2, 0.25) is 0 Å². The average molecular weight is 270 g/mol. The first-order chi connectivity index (χ1) is 8.34. The third-order valence-corrected chi connectivity index (χ3v) is 3.12. The Balaban J connectivity index is 0.00000162. The minimum Gasteiger partial charge on any atom is -0.356 e. The second-order valence-electron chi connectivity index (χ2n) is 4.54. The van der Waals surface area contributed by atoms with E-state index < -0.39 is 0 Å². The number of hydrogen-bond acceptors (Lipinski definition) is 3. The van der Waals surface area contributed by atoms with Crippen molar-refractivity contribution in [2.24, 2.45) is 5.92 Å². The number of aromatic nitrogens is 1. The van der Waals surface area contributed by atoms with Gasteiger partial charge >= 0.3 is 0 Å². The lowest BCUT2D eigenvalue weighted by atomic mass is 10.1. The summed E-state index contributed by atoms with van der Waals surface area (Å²) in [6.45, 7) is 3.00. The van der Waals surface area contributed by atoms with Gasteiger partial charge in [0.25, 0.3) is 0 Å². The summed E-state index contributed by atoms with van der Waals surface area (Å²) in [5, 5.41) is 6.29. The number of pyridine rings is 1. The van der Waals surface area contributed by atoms with Crippen LogP contribution in [-0.4, -0.2) is 30.5 Å². The summed E-state index contributed by atoms with van der Waals surface area (Å²) in [5.74, 6) is 0.817. The van der Waals surface area contributed by atoms with Gasteiger partial charge in [-0.15, -0.1) is 12.4 Å². The maximum atomic E-state index is 11.6. The van der Waals surface area contributed by atoms with Crippen molar-refractivity contribution in [1.29, 1.82) is 0 Å². The third-order valence-electron chi connectivity index (χ3n) is 3.12. The molecule has 100 valence electrons. The number of carbonyl (C=O) groups is 1. The zero-order valence-electron chi connectivity index (χ0n) is 10.4. The molecule has 4 nitrogen and oxygen atoms in total. The summed E-state index contributed by atoms with van der Waals surface area (Å²) in [6.07, 6.45) is 6.19. The van der Waals surface area contributed by atoms with E-state index in [9.17, 15) is 4.79 Å². The molecule has 0 aromatic carbocycles. The Kier molecular flexibility index (Phi) is 6.68. The van der Waals surface area contributed by atoms with E-state index >= 15 is 0 Å². The van der Waals surface area contributed by atoms with E-state index in [1.807, 2.05) is 12.1 Å². The van der Waals surface area contributed by atoms with Gasteiger partial charge in [0.15, 0.2) is 0 Å². The maximum absolute atomic E-state index is 11.6. The Labute approximate surface area is 114 Å². The predicted molar refractivity (Wildman–Crippen MR) is 73.8 cm³/mol. The number of nitrogens with zero attached hydrogens (tertiary/aromatic N) is 1. The highest BCUT2D eigenvalue weighted by atomic mass is 35.5. The van der Waals surface area contributed by atoms with Gasteiger partial charge in [-0.1, -0.05) is 6.07 Å². The molecule has 1 saturated heterocycles. The smallest absolute Gasteiger partial charge is 0.224 e. The van der Waals surface area contributed by atoms with Gasteiger partial charge < -0.3 is 10.6 Å². The van der Waals surface area contributed by atoms with Gasteiger partial charge in [0.1, 0.15) is 0 Å². The van der Waals surface area contributed by atoms with E-state index in [0.717, 1.165) is 37.5 Å². The Bertz CT molecular complexity index is 353. The monoisotopic (exact) mass is 269 g/mol. The van der Waals surface area contributed by atoms with Crippen LogP contribution in [0.1, 0.15) is 18.4 Å². The van der Waals surface area contributed by atoms with Crippen LogP contribution in [0.15, 0.2) is 24.5 Å². The number of hydrogen-bond donors (Lipinski definition) is 2. The number of carbonyl (C=O) groups excluding carboxylic acids is 1. The van der Waals surface area contributed by atoms with E-state index in [-0.39, 0.29) is 18.3 Å². The van der Waals surface area contributed by atoms with Crippen LogP contribution in [-0.2, 0) is 11.2 Å². The van der Waals surface area contributed by atoms with Crippen LogP contribution in [0.3, 0.4) is 0 Å². The fourth-order valence-corrected chi connectivity index (χ4v) is 2.13. The van der Waals surface area contributed by atoms with Crippen molar-refractivity contribution in [2.45, 2.75) is 19.3 Å². The lowest BCUT2D eigenvalue weighted by Crippen LogP contribution is -2.27. The molecular formula is C13H20ClN3O. The number of halogens is 1. The van der Waals surface area contributed by atoms with Crippen molar-refractivity contribution < 1.29 is 4.79 Å². The lowest BCUT2D eigenvalue weighted by Gasteiger charge is -2.09. The molecule has 5 heteroatoms. The van der Waals surface area contributed by atoms with Gasteiger partial charge in [0.05, 0.1) is 6.42 Å². The zero-order valence-corrected chi connectivity index (χ0v) is 11.2. The highest BCUT2D eigenvalue weighted by Crippen LogP contribution is 2.10. The van der Waals surface area contributed by atoms with Crippen LogP contribution in [0.25, 0.3) is 0 Å². The number of nitrogens with one attached hydrogen (secondary N) is 2. The van der Waals surface area contributed by atoms with E-state index in [2.05, 4.69) is 15.6 Å². The molecular weight excluding hydrogens is 250 g/mol. The zero-order chi connectivity index (χ0) is 11.9. The van der Waals surface area contributed by atoms with Crippen LogP contribution in [0.4, 0.5) is 0 Å². The van der Waals surface area contributed by atoms with Gasteiger partial charge in [-0.05, 0) is 43.5 Å². The molecule has 1 unspecified atom stereocenters. The first kappa shape index (κ1) is 14.9. The summed E-state index contributed by atoms with van der Waals surface area (Å²) in [4.78, 5) is 15.6. The second-order valence-corrected chi connectivity index (χ2v) is 4.54. The highest BCUT2D eigenvalue weighted by molar-refractivity contribution is 5.85. The molecule has 2 heterocycles. The molecule has 1 aromatic heterocycles. The summed E-state index contributed by atoms with van der Waals surface area (Å²) in [7, 11) is 0. The highest BCUT2D eigenvalue weighted by Gasteiger charge is 2.14. The van der Waals surface area contributed by atoms with E-state index in [1.54, 1.807) is 12.4 Å². The molecule has 2 rings (SSSR count). The molecule has 1 aliphatic rings. The minimum atomic E-state index is 0. The molecule has 0 bridgehead atoms. The quantitative estimate of drug-likeness (QED) is 0.844.